The van der Waals surface area contributed by atoms with Crippen molar-refractivity contribution in [3.05, 3.63) is 60.2 Å². The van der Waals surface area contributed by atoms with Gasteiger partial charge in [-0.15, -0.1) is 0 Å². The van der Waals surface area contributed by atoms with E-state index in [1.54, 1.807) is 26.0 Å². The summed E-state index contributed by atoms with van der Waals surface area (Å²) in [7, 11) is 0. The molecule has 0 bridgehead atoms. The minimum absolute atomic E-state index is 0.0118. The number of esters is 1. The van der Waals surface area contributed by atoms with Crippen LogP contribution in [-0.2, 0) is 20.9 Å². The van der Waals surface area contributed by atoms with Crippen LogP contribution in [0.5, 0.6) is 5.75 Å². The Bertz CT molecular complexity index is 1170. The third kappa shape index (κ3) is 5.71. The largest absolute Gasteiger partial charge is 0.476 e. The predicted molar refractivity (Wildman–Crippen MR) is 143 cm³/mol. The molecule has 2 aromatic rings. The summed E-state index contributed by atoms with van der Waals surface area (Å²) in [4.78, 5) is 43.2. The Labute approximate surface area is 223 Å². The van der Waals surface area contributed by atoms with Gasteiger partial charge in [0.25, 0.3) is 0 Å². The van der Waals surface area contributed by atoms with E-state index in [0.717, 1.165) is 11.3 Å². The quantitative estimate of drug-likeness (QED) is 0.557. The predicted octanol–water partition coefficient (Wildman–Crippen LogP) is 4.50. The molecule has 0 aromatic heterocycles. The number of benzene rings is 2. The topological polar surface area (TPSA) is 99.6 Å². The first kappa shape index (κ1) is 27.3. The van der Waals surface area contributed by atoms with Crippen molar-refractivity contribution in [3.63, 3.8) is 0 Å². The highest BCUT2D eigenvalue weighted by Crippen LogP contribution is 2.40. The molecule has 2 amide bonds. The molecule has 204 valence electrons. The third-order valence-electron chi connectivity index (χ3n) is 7.00. The number of para-hydroxylation sites is 1. The fourth-order valence-corrected chi connectivity index (χ4v) is 5.01. The zero-order valence-corrected chi connectivity index (χ0v) is 22.8. The second kappa shape index (κ2) is 10.2. The lowest BCUT2D eigenvalue weighted by atomic mass is 9.85. The number of nitrogens with zero attached hydrogens (tertiary/aromatic N) is 3. The average Bonchev–Trinajstić information content (AvgIpc) is 3.11. The molecule has 2 fully saturated rings. The van der Waals surface area contributed by atoms with Gasteiger partial charge in [0.05, 0.1) is 6.67 Å². The molecule has 9 nitrogen and oxygen atoms in total. The van der Waals surface area contributed by atoms with Gasteiger partial charge in [0.1, 0.15) is 16.9 Å². The van der Waals surface area contributed by atoms with Gasteiger partial charge in [-0.1, -0.05) is 30.3 Å². The minimum atomic E-state index is -1.16. The van der Waals surface area contributed by atoms with Crippen LogP contribution in [0, 0.1) is 0 Å². The summed E-state index contributed by atoms with van der Waals surface area (Å²) in [6.07, 6.45) is -0.0721. The van der Waals surface area contributed by atoms with Gasteiger partial charge in [0.2, 0.25) is 5.91 Å². The van der Waals surface area contributed by atoms with Crippen molar-refractivity contribution in [2.45, 2.75) is 70.7 Å². The number of likely N-dealkylation sites (tertiary alicyclic amines) is 1. The first-order valence-electron chi connectivity index (χ1n) is 12.9. The van der Waals surface area contributed by atoms with Crippen molar-refractivity contribution in [1.29, 1.82) is 0 Å². The summed E-state index contributed by atoms with van der Waals surface area (Å²) < 4.78 is 11.4. The highest BCUT2D eigenvalue weighted by Gasteiger charge is 2.54. The van der Waals surface area contributed by atoms with Crippen LogP contribution in [-0.4, -0.2) is 69.4 Å². The van der Waals surface area contributed by atoms with Crippen molar-refractivity contribution in [2.24, 2.45) is 0 Å². The summed E-state index contributed by atoms with van der Waals surface area (Å²) >= 11 is 0. The molecule has 0 aliphatic carbocycles. The highest BCUT2D eigenvalue weighted by atomic mass is 16.6. The number of hydrogen-bond donors (Lipinski definition) is 1. The van der Waals surface area contributed by atoms with Gasteiger partial charge in [-0.2, -0.15) is 0 Å². The van der Waals surface area contributed by atoms with Crippen LogP contribution in [0.15, 0.2) is 54.6 Å². The molecule has 4 rings (SSSR count). The van der Waals surface area contributed by atoms with Crippen molar-refractivity contribution >= 4 is 23.7 Å². The smallest absolute Gasteiger partial charge is 0.407 e. The van der Waals surface area contributed by atoms with Gasteiger partial charge in [0, 0.05) is 25.3 Å². The van der Waals surface area contributed by atoms with E-state index in [9.17, 15) is 19.5 Å². The standard InChI is InChI=1S/C29H37N3O6/c1-27(2,3)38-25(34)28(4,5)37-23-13-11-21(12-14-23)19-31-20-32(22-9-7-6-8-10-22)29(24(31)33)15-17-30(18-16-29)26(35)36/h6-14H,15-20H2,1-5H3,(H,35,36). The molecule has 1 spiro atoms. The van der Waals surface area contributed by atoms with Gasteiger partial charge in [0.15, 0.2) is 5.60 Å². The zero-order valence-electron chi connectivity index (χ0n) is 22.8. The Kier molecular flexibility index (Phi) is 7.32. The van der Waals surface area contributed by atoms with E-state index in [-0.39, 0.29) is 5.91 Å². The van der Waals surface area contributed by atoms with Gasteiger partial charge in [-0.05, 0) is 77.3 Å². The fourth-order valence-electron chi connectivity index (χ4n) is 5.01. The maximum atomic E-state index is 13.8. The normalized spacial score (nSPS) is 17.6. The molecule has 0 atom stereocenters. The number of anilines is 1. The Hall–Kier alpha value is -3.75. The Morgan fingerprint density at radius 2 is 1.55 bits per heavy atom. The number of ether oxygens (including phenoxy) is 2. The number of carbonyl (C=O) groups is 3. The van der Waals surface area contributed by atoms with E-state index in [1.807, 2.05) is 68.1 Å². The fraction of sp³-hybridized carbons (Fsp3) is 0.483. The van der Waals surface area contributed by atoms with Crippen LogP contribution in [0.4, 0.5) is 10.5 Å². The summed E-state index contributed by atoms with van der Waals surface area (Å²) in [6, 6.07) is 17.2. The monoisotopic (exact) mass is 523 g/mol. The van der Waals surface area contributed by atoms with Gasteiger partial charge >= 0.3 is 12.1 Å². The van der Waals surface area contributed by atoms with E-state index in [1.165, 1.54) is 4.90 Å². The first-order valence-corrected chi connectivity index (χ1v) is 12.9. The lowest BCUT2D eigenvalue weighted by Gasteiger charge is -2.42. The molecular formula is C29H37N3O6. The van der Waals surface area contributed by atoms with E-state index in [2.05, 4.69) is 4.90 Å². The van der Waals surface area contributed by atoms with Crippen LogP contribution in [0.2, 0.25) is 0 Å². The number of piperidine rings is 1. The molecule has 0 unspecified atom stereocenters. The lowest BCUT2D eigenvalue weighted by Crippen LogP contribution is -2.57. The molecule has 2 aliphatic rings. The van der Waals surface area contributed by atoms with E-state index >= 15 is 0 Å². The lowest BCUT2D eigenvalue weighted by molar-refractivity contribution is -0.170. The molecule has 9 heteroatoms. The van der Waals surface area contributed by atoms with Gasteiger partial charge in [-0.25, -0.2) is 9.59 Å². The SMILES string of the molecule is CC(C)(C)OC(=O)C(C)(C)Oc1ccc(CN2CN(c3ccccc3)C3(CCN(C(=O)O)CC3)C2=O)cc1. The van der Waals surface area contributed by atoms with Crippen LogP contribution in [0.1, 0.15) is 53.0 Å². The number of hydrogen-bond acceptors (Lipinski definition) is 6. The number of carboxylic acid groups (broad SMARTS) is 1. The van der Waals surface area contributed by atoms with Gasteiger partial charge < -0.3 is 29.3 Å². The Morgan fingerprint density at radius 1 is 0.947 bits per heavy atom. The van der Waals surface area contributed by atoms with Crippen LogP contribution in [0.25, 0.3) is 0 Å². The average molecular weight is 524 g/mol. The summed E-state index contributed by atoms with van der Waals surface area (Å²) in [5, 5.41) is 9.42. The second-order valence-corrected chi connectivity index (χ2v) is 11.5. The Balaban J connectivity index is 1.48. The van der Waals surface area contributed by atoms with Crippen molar-refractivity contribution in [3.8, 4) is 5.75 Å². The Morgan fingerprint density at radius 3 is 2.11 bits per heavy atom. The molecule has 0 saturated carbocycles. The number of amides is 2. The summed E-state index contributed by atoms with van der Waals surface area (Å²) in [5.41, 5.74) is -0.672. The van der Waals surface area contributed by atoms with Crippen molar-refractivity contribution in [1.82, 2.24) is 9.80 Å². The van der Waals surface area contributed by atoms with Gasteiger partial charge in [-0.3, -0.25) is 4.79 Å². The maximum Gasteiger partial charge on any atom is 0.407 e. The minimum Gasteiger partial charge on any atom is -0.476 e. The van der Waals surface area contributed by atoms with E-state index in [4.69, 9.17) is 9.47 Å². The molecular weight excluding hydrogens is 486 g/mol. The summed E-state index contributed by atoms with van der Waals surface area (Å²) in [6.45, 7) is 10.2. The molecule has 2 aromatic carbocycles. The second-order valence-electron chi connectivity index (χ2n) is 11.5. The van der Waals surface area contributed by atoms with E-state index < -0.39 is 28.8 Å². The van der Waals surface area contributed by atoms with Crippen LogP contribution >= 0.6 is 0 Å². The van der Waals surface area contributed by atoms with Crippen LogP contribution < -0.4 is 9.64 Å². The first-order chi connectivity index (χ1) is 17.8. The third-order valence-corrected chi connectivity index (χ3v) is 7.00. The molecule has 0 radical (unpaired) electrons. The van der Waals surface area contributed by atoms with Crippen molar-refractivity contribution in [2.75, 3.05) is 24.7 Å². The molecule has 2 saturated heterocycles. The maximum absolute atomic E-state index is 13.8. The number of carbonyl (C=O) groups excluding carboxylic acids is 2. The van der Waals surface area contributed by atoms with Crippen molar-refractivity contribution < 1.29 is 29.0 Å². The van der Waals surface area contributed by atoms with E-state index in [0.29, 0.717) is 44.9 Å². The zero-order chi connectivity index (χ0) is 27.7. The molecule has 2 heterocycles. The molecule has 2 aliphatic heterocycles. The molecule has 1 N–H and O–H groups in total. The number of rotatable bonds is 6. The summed E-state index contributed by atoms with van der Waals surface area (Å²) in [5.74, 6) is 0.0931. The highest BCUT2D eigenvalue weighted by molar-refractivity contribution is 5.93. The van der Waals surface area contributed by atoms with Crippen LogP contribution in [0.3, 0.4) is 0 Å². The molecule has 38 heavy (non-hydrogen) atoms.